The molecule has 0 unspecified atom stereocenters. The summed E-state index contributed by atoms with van der Waals surface area (Å²) in [6, 6.07) is 0. The third kappa shape index (κ3) is 7.31. The Balaban J connectivity index is 3.45. The van der Waals surface area contributed by atoms with Crippen molar-refractivity contribution in [2.75, 3.05) is 13.7 Å². The molecule has 0 bridgehead atoms. The number of carbonyl (C=O) groups excluding carboxylic acids is 2. The maximum absolute atomic E-state index is 10.7. The molecular formula is C9H16O4. The van der Waals surface area contributed by atoms with E-state index >= 15 is 0 Å². The molecule has 4 heteroatoms. The Bertz CT molecular complexity index is 176. The van der Waals surface area contributed by atoms with Crippen molar-refractivity contribution in [2.24, 2.45) is 5.92 Å². The number of rotatable bonds is 5. The Morgan fingerprint density at radius 1 is 1.38 bits per heavy atom. The van der Waals surface area contributed by atoms with Crippen molar-refractivity contribution in [3.63, 3.8) is 0 Å². The molecule has 0 aliphatic carbocycles. The van der Waals surface area contributed by atoms with Crippen molar-refractivity contribution in [3.8, 4) is 0 Å². The lowest BCUT2D eigenvalue weighted by Crippen LogP contribution is -2.11. The summed E-state index contributed by atoms with van der Waals surface area (Å²) in [6.45, 7) is 3.66. The number of hydrogen-bond acceptors (Lipinski definition) is 4. The summed E-state index contributed by atoms with van der Waals surface area (Å²) >= 11 is 0. The summed E-state index contributed by atoms with van der Waals surface area (Å²) < 4.78 is 9.26. The van der Waals surface area contributed by atoms with Crippen molar-refractivity contribution >= 4 is 11.9 Å². The maximum Gasteiger partial charge on any atom is 0.305 e. The molecule has 0 fully saturated rings. The smallest absolute Gasteiger partial charge is 0.305 e. The largest absolute Gasteiger partial charge is 0.469 e. The normalized spacial score (nSPS) is 11.9. The van der Waals surface area contributed by atoms with Gasteiger partial charge in [-0.05, 0) is 12.3 Å². The first-order valence-corrected chi connectivity index (χ1v) is 4.26. The lowest BCUT2D eigenvalue weighted by atomic mass is 10.1. The summed E-state index contributed by atoms with van der Waals surface area (Å²) in [6.07, 6.45) is 1.05. The Hall–Kier alpha value is -1.06. The Morgan fingerprint density at radius 3 is 2.46 bits per heavy atom. The lowest BCUT2D eigenvalue weighted by Gasteiger charge is -2.09. The van der Waals surface area contributed by atoms with E-state index in [0.29, 0.717) is 19.4 Å². The minimum Gasteiger partial charge on any atom is -0.469 e. The van der Waals surface area contributed by atoms with E-state index in [1.54, 1.807) is 0 Å². The van der Waals surface area contributed by atoms with Crippen molar-refractivity contribution < 1.29 is 19.1 Å². The molecular weight excluding hydrogens is 172 g/mol. The van der Waals surface area contributed by atoms with Gasteiger partial charge in [0.2, 0.25) is 0 Å². The van der Waals surface area contributed by atoms with Gasteiger partial charge in [0.05, 0.1) is 13.7 Å². The fourth-order valence-electron chi connectivity index (χ4n) is 0.809. The zero-order valence-corrected chi connectivity index (χ0v) is 8.33. The van der Waals surface area contributed by atoms with Crippen molar-refractivity contribution in [3.05, 3.63) is 0 Å². The van der Waals surface area contributed by atoms with Gasteiger partial charge in [-0.3, -0.25) is 9.59 Å². The van der Waals surface area contributed by atoms with Gasteiger partial charge >= 0.3 is 11.9 Å². The van der Waals surface area contributed by atoms with Gasteiger partial charge in [-0.1, -0.05) is 6.92 Å². The Labute approximate surface area is 78.2 Å². The molecule has 0 N–H and O–H groups in total. The maximum atomic E-state index is 10.7. The Kier molecular flexibility index (Phi) is 5.93. The molecule has 1 atom stereocenters. The molecule has 0 aliphatic rings. The summed E-state index contributed by atoms with van der Waals surface area (Å²) in [4.78, 5) is 21.2. The predicted octanol–water partition coefficient (Wildman–Crippen LogP) is 1.14. The predicted molar refractivity (Wildman–Crippen MR) is 47.0 cm³/mol. The number of methoxy groups -OCH3 is 1. The molecule has 0 heterocycles. The second-order valence-corrected chi connectivity index (χ2v) is 3.02. The second-order valence-electron chi connectivity index (χ2n) is 3.02. The molecule has 0 amide bonds. The highest BCUT2D eigenvalue weighted by atomic mass is 16.5. The molecule has 13 heavy (non-hydrogen) atoms. The van der Waals surface area contributed by atoms with Gasteiger partial charge in [-0.25, -0.2) is 0 Å². The minimum absolute atomic E-state index is 0.197. The zero-order chi connectivity index (χ0) is 10.3. The van der Waals surface area contributed by atoms with Gasteiger partial charge in [0.15, 0.2) is 0 Å². The van der Waals surface area contributed by atoms with Crippen LogP contribution in [0.3, 0.4) is 0 Å². The van der Waals surface area contributed by atoms with Gasteiger partial charge in [0, 0.05) is 13.3 Å². The third-order valence-corrected chi connectivity index (χ3v) is 1.64. The average Bonchev–Trinajstić information content (AvgIpc) is 2.10. The van der Waals surface area contributed by atoms with Crippen molar-refractivity contribution in [2.45, 2.75) is 26.7 Å². The standard InChI is InChI=1S/C9H16O4/c1-7(6-13-8(2)10)4-5-9(11)12-3/h7H,4-6H2,1-3H3/t7-/m0/s1. The molecule has 0 spiro atoms. The SMILES string of the molecule is COC(=O)CC[C@H](C)COC(C)=O. The highest BCUT2D eigenvalue weighted by molar-refractivity contribution is 5.69. The quantitative estimate of drug-likeness (QED) is 0.607. The lowest BCUT2D eigenvalue weighted by molar-refractivity contribution is -0.142. The van der Waals surface area contributed by atoms with Crippen LogP contribution >= 0.6 is 0 Å². The van der Waals surface area contributed by atoms with Gasteiger partial charge in [0.1, 0.15) is 0 Å². The van der Waals surface area contributed by atoms with Gasteiger partial charge in [-0.15, -0.1) is 0 Å². The van der Waals surface area contributed by atoms with Crippen LogP contribution in [0.4, 0.5) is 0 Å². The molecule has 4 nitrogen and oxygen atoms in total. The van der Waals surface area contributed by atoms with E-state index in [0.717, 1.165) is 0 Å². The number of hydrogen-bond donors (Lipinski definition) is 0. The first-order chi connectivity index (χ1) is 6.06. The van der Waals surface area contributed by atoms with Crippen LogP contribution in [0.5, 0.6) is 0 Å². The fraction of sp³-hybridized carbons (Fsp3) is 0.778. The molecule has 0 saturated heterocycles. The average molecular weight is 188 g/mol. The van der Waals surface area contributed by atoms with Gasteiger partial charge in [-0.2, -0.15) is 0 Å². The van der Waals surface area contributed by atoms with E-state index in [1.165, 1.54) is 14.0 Å². The molecule has 76 valence electrons. The van der Waals surface area contributed by atoms with E-state index in [9.17, 15) is 9.59 Å². The first kappa shape index (κ1) is 11.9. The van der Waals surface area contributed by atoms with Crippen LogP contribution in [0.2, 0.25) is 0 Å². The number of esters is 2. The second kappa shape index (κ2) is 6.46. The Morgan fingerprint density at radius 2 is 2.00 bits per heavy atom. The van der Waals surface area contributed by atoms with Gasteiger partial charge < -0.3 is 9.47 Å². The summed E-state index contributed by atoms with van der Waals surface area (Å²) in [7, 11) is 1.36. The minimum atomic E-state index is -0.287. The first-order valence-electron chi connectivity index (χ1n) is 4.26. The number of ether oxygens (including phenoxy) is 2. The van der Waals surface area contributed by atoms with Crippen LogP contribution in [-0.2, 0) is 19.1 Å². The summed E-state index contributed by atoms with van der Waals surface area (Å²) in [5.41, 5.74) is 0. The zero-order valence-electron chi connectivity index (χ0n) is 8.33. The topological polar surface area (TPSA) is 52.6 Å². The molecule has 0 aromatic carbocycles. The molecule has 0 aromatic rings. The third-order valence-electron chi connectivity index (χ3n) is 1.64. The van der Waals surface area contributed by atoms with Crippen LogP contribution in [0.1, 0.15) is 26.7 Å². The molecule has 0 saturated carbocycles. The highest BCUT2D eigenvalue weighted by Crippen LogP contribution is 2.06. The number of carbonyl (C=O) groups is 2. The molecule has 0 rings (SSSR count). The molecule has 0 aromatic heterocycles. The van der Waals surface area contributed by atoms with Crippen molar-refractivity contribution in [1.82, 2.24) is 0 Å². The monoisotopic (exact) mass is 188 g/mol. The molecule has 0 aliphatic heterocycles. The highest BCUT2D eigenvalue weighted by Gasteiger charge is 2.07. The van der Waals surface area contributed by atoms with E-state index < -0.39 is 0 Å². The summed E-state index contributed by atoms with van der Waals surface area (Å²) in [5, 5.41) is 0. The van der Waals surface area contributed by atoms with E-state index in [1.807, 2.05) is 6.92 Å². The van der Waals surface area contributed by atoms with Crippen molar-refractivity contribution in [1.29, 1.82) is 0 Å². The summed E-state index contributed by atoms with van der Waals surface area (Å²) in [5.74, 6) is -0.317. The van der Waals surface area contributed by atoms with Crippen LogP contribution in [-0.4, -0.2) is 25.7 Å². The van der Waals surface area contributed by atoms with Crippen LogP contribution < -0.4 is 0 Å². The van der Waals surface area contributed by atoms with Gasteiger partial charge in [0.25, 0.3) is 0 Å². The van der Waals surface area contributed by atoms with E-state index in [2.05, 4.69) is 4.74 Å². The van der Waals surface area contributed by atoms with E-state index in [-0.39, 0.29) is 17.9 Å². The fourth-order valence-corrected chi connectivity index (χ4v) is 0.809. The van der Waals surface area contributed by atoms with Crippen LogP contribution in [0, 0.1) is 5.92 Å². The van der Waals surface area contributed by atoms with E-state index in [4.69, 9.17) is 4.74 Å². The van der Waals surface area contributed by atoms with Crippen LogP contribution in [0.15, 0.2) is 0 Å². The van der Waals surface area contributed by atoms with Crippen LogP contribution in [0.25, 0.3) is 0 Å². The molecule has 0 radical (unpaired) electrons.